The van der Waals surface area contributed by atoms with Gasteiger partial charge < -0.3 is 15.4 Å². The molecule has 0 aliphatic rings. The molecule has 0 atom stereocenters. The second-order valence-electron chi connectivity index (χ2n) is 5.99. The average molecular weight is 394 g/mol. The monoisotopic (exact) mass is 394 g/mol. The Hall–Kier alpha value is -3.03. The van der Waals surface area contributed by atoms with E-state index in [9.17, 15) is 22.8 Å². The number of hydrogen-bond acceptors (Lipinski definition) is 3. The van der Waals surface area contributed by atoms with Crippen molar-refractivity contribution in [2.24, 2.45) is 0 Å². The summed E-state index contributed by atoms with van der Waals surface area (Å²) in [5.74, 6) is -0.683. The highest BCUT2D eigenvalue weighted by Gasteiger charge is 2.31. The number of hydrogen-bond donors (Lipinski definition) is 2. The Morgan fingerprint density at radius 1 is 1.04 bits per heavy atom. The third-order valence-corrected chi connectivity index (χ3v) is 3.75. The molecule has 0 aliphatic heterocycles. The summed E-state index contributed by atoms with van der Waals surface area (Å²) in [7, 11) is 0. The van der Waals surface area contributed by atoms with Crippen molar-refractivity contribution in [2.45, 2.75) is 32.9 Å². The van der Waals surface area contributed by atoms with Crippen molar-refractivity contribution >= 4 is 23.2 Å². The maximum absolute atomic E-state index is 13.0. The molecule has 2 aromatic rings. The number of carbonyl (C=O) groups excluding carboxylic acids is 2. The van der Waals surface area contributed by atoms with Crippen molar-refractivity contribution < 1.29 is 27.5 Å². The minimum Gasteiger partial charge on any atom is -0.491 e. The molecule has 0 aliphatic carbocycles. The van der Waals surface area contributed by atoms with Crippen molar-refractivity contribution in [3.05, 3.63) is 53.6 Å². The number of alkyl halides is 3. The Balaban J connectivity index is 2.28. The van der Waals surface area contributed by atoms with Crippen LogP contribution in [0.5, 0.6) is 5.75 Å². The van der Waals surface area contributed by atoms with Gasteiger partial charge in [-0.15, -0.1) is 0 Å². The van der Waals surface area contributed by atoms with Crippen LogP contribution < -0.4 is 15.4 Å². The van der Waals surface area contributed by atoms with E-state index in [4.69, 9.17) is 4.74 Å². The molecule has 0 bridgehead atoms. The van der Waals surface area contributed by atoms with E-state index >= 15 is 0 Å². The van der Waals surface area contributed by atoms with Gasteiger partial charge in [-0.3, -0.25) is 9.59 Å². The fourth-order valence-corrected chi connectivity index (χ4v) is 2.32. The molecule has 28 heavy (non-hydrogen) atoms. The Kier molecular flexibility index (Phi) is 7.03. The first-order valence-electron chi connectivity index (χ1n) is 8.80. The van der Waals surface area contributed by atoms with Crippen molar-refractivity contribution in [3.8, 4) is 5.75 Å². The summed E-state index contributed by atoms with van der Waals surface area (Å²) < 4.78 is 44.5. The number of ether oxygens (including phenoxy) is 1. The summed E-state index contributed by atoms with van der Waals surface area (Å²) in [4.78, 5) is 24.0. The average Bonchev–Trinajstić information content (AvgIpc) is 2.66. The second-order valence-corrected chi connectivity index (χ2v) is 5.99. The highest BCUT2D eigenvalue weighted by Crippen LogP contribution is 2.35. The second kappa shape index (κ2) is 9.25. The summed E-state index contributed by atoms with van der Waals surface area (Å²) in [6, 6.07) is 9.06. The van der Waals surface area contributed by atoms with Crippen molar-refractivity contribution in [1.29, 1.82) is 0 Å². The standard InChI is InChI=1S/C20H21F3N2O3/c1-3-10-28-17-9-8-14(20(21,22)23)12-16(17)25-19(27)13-6-5-7-15(11-13)24-18(26)4-2/h5-9,11-12H,3-4,10H2,1-2H3,(H,24,26)(H,25,27). The zero-order valence-electron chi connectivity index (χ0n) is 15.5. The predicted octanol–water partition coefficient (Wildman–Crippen LogP) is 5.10. The van der Waals surface area contributed by atoms with Gasteiger partial charge >= 0.3 is 6.18 Å². The van der Waals surface area contributed by atoms with Gasteiger partial charge in [0, 0.05) is 17.7 Å². The van der Waals surface area contributed by atoms with Crippen molar-refractivity contribution in [3.63, 3.8) is 0 Å². The highest BCUT2D eigenvalue weighted by molar-refractivity contribution is 6.06. The Morgan fingerprint density at radius 2 is 1.79 bits per heavy atom. The molecule has 0 spiro atoms. The van der Waals surface area contributed by atoms with Crippen LogP contribution in [0.4, 0.5) is 24.5 Å². The minimum atomic E-state index is -4.55. The molecular weight excluding hydrogens is 373 g/mol. The van der Waals surface area contributed by atoms with Gasteiger partial charge in [0.15, 0.2) is 0 Å². The van der Waals surface area contributed by atoms with Gasteiger partial charge in [0.2, 0.25) is 5.91 Å². The molecule has 2 rings (SSSR count). The summed E-state index contributed by atoms with van der Waals surface area (Å²) in [5, 5.41) is 5.09. The number of rotatable bonds is 7. The van der Waals surface area contributed by atoms with Crippen LogP contribution in [0, 0.1) is 0 Å². The molecule has 5 nitrogen and oxygen atoms in total. The van der Waals surface area contributed by atoms with Gasteiger partial charge in [-0.1, -0.05) is 19.9 Å². The zero-order chi connectivity index (χ0) is 20.7. The molecule has 0 radical (unpaired) electrons. The number of halogens is 3. The van der Waals surface area contributed by atoms with Crippen LogP contribution in [0.25, 0.3) is 0 Å². The highest BCUT2D eigenvalue weighted by atomic mass is 19.4. The number of anilines is 2. The number of nitrogens with one attached hydrogen (secondary N) is 2. The molecule has 2 aromatic carbocycles. The molecule has 8 heteroatoms. The summed E-state index contributed by atoms with van der Waals surface area (Å²) in [6.45, 7) is 3.85. The van der Waals surface area contributed by atoms with Gasteiger partial charge in [-0.05, 0) is 42.8 Å². The van der Waals surface area contributed by atoms with Crippen LogP contribution >= 0.6 is 0 Å². The van der Waals surface area contributed by atoms with Crippen LogP contribution in [0.3, 0.4) is 0 Å². The molecule has 2 amide bonds. The van der Waals surface area contributed by atoms with E-state index < -0.39 is 17.6 Å². The quantitative estimate of drug-likeness (QED) is 0.687. The SMILES string of the molecule is CCCOc1ccc(C(F)(F)F)cc1NC(=O)c1cccc(NC(=O)CC)c1. The normalized spacial score (nSPS) is 11.0. The lowest BCUT2D eigenvalue weighted by Crippen LogP contribution is -2.15. The van der Waals surface area contributed by atoms with E-state index in [0.717, 1.165) is 12.1 Å². The third-order valence-electron chi connectivity index (χ3n) is 3.75. The Bertz CT molecular complexity index is 851. The number of benzene rings is 2. The first-order chi connectivity index (χ1) is 13.2. The fraction of sp³-hybridized carbons (Fsp3) is 0.300. The van der Waals surface area contributed by atoms with Gasteiger partial charge in [-0.25, -0.2) is 0 Å². The number of carbonyl (C=O) groups is 2. The summed E-state index contributed by atoms with van der Waals surface area (Å²) in [6.07, 6.45) is -3.61. The van der Waals surface area contributed by atoms with Gasteiger partial charge in [-0.2, -0.15) is 13.2 Å². The molecule has 150 valence electrons. The minimum absolute atomic E-state index is 0.0729. The van der Waals surface area contributed by atoms with Crippen molar-refractivity contribution in [2.75, 3.05) is 17.2 Å². The Labute approximate surface area is 160 Å². The molecule has 2 N–H and O–H groups in total. The lowest BCUT2D eigenvalue weighted by atomic mass is 10.1. The van der Waals surface area contributed by atoms with E-state index in [2.05, 4.69) is 10.6 Å². The van der Waals surface area contributed by atoms with Crippen LogP contribution in [0.2, 0.25) is 0 Å². The zero-order valence-corrected chi connectivity index (χ0v) is 15.5. The fourth-order valence-electron chi connectivity index (χ4n) is 2.32. The molecule has 0 saturated heterocycles. The first-order valence-corrected chi connectivity index (χ1v) is 8.80. The van der Waals surface area contributed by atoms with Crippen LogP contribution in [-0.4, -0.2) is 18.4 Å². The predicted molar refractivity (Wildman–Crippen MR) is 101 cm³/mol. The van der Waals surface area contributed by atoms with Gasteiger partial charge in [0.05, 0.1) is 17.9 Å². The number of amides is 2. The van der Waals surface area contributed by atoms with Gasteiger partial charge in [0.25, 0.3) is 5.91 Å². The molecule has 0 aromatic heterocycles. The first kappa shape index (κ1) is 21.3. The van der Waals surface area contributed by atoms with E-state index in [0.29, 0.717) is 18.7 Å². The molecule has 0 saturated carbocycles. The Morgan fingerprint density at radius 3 is 2.43 bits per heavy atom. The van der Waals surface area contributed by atoms with Crippen LogP contribution in [-0.2, 0) is 11.0 Å². The summed E-state index contributed by atoms with van der Waals surface area (Å²) in [5.41, 5.74) is -0.356. The van der Waals surface area contributed by atoms with E-state index in [1.54, 1.807) is 19.1 Å². The lowest BCUT2D eigenvalue weighted by Gasteiger charge is -2.15. The largest absolute Gasteiger partial charge is 0.491 e. The van der Waals surface area contributed by atoms with Gasteiger partial charge in [0.1, 0.15) is 5.75 Å². The van der Waals surface area contributed by atoms with Crippen LogP contribution in [0.15, 0.2) is 42.5 Å². The van der Waals surface area contributed by atoms with E-state index in [1.807, 2.05) is 6.92 Å². The maximum Gasteiger partial charge on any atom is 0.416 e. The van der Waals surface area contributed by atoms with E-state index in [1.165, 1.54) is 18.2 Å². The lowest BCUT2D eigenvalue weighted by molar-refractivity contribution is -0.137. The molecule has 0 unspecified atom stereocenters. The van der Waals surface area contributed by atoms with Crippen molar-refractivity contribution in [1.82, 2.24) is 0 Å². The molecule has 0 fully saturated rings. The molecule has 0 heterocycles. The summed E-state index contributed by atoms with van der Waals surface area (Å²) >= 11 is 0. The maximum atomic E-state index is 13.0. The van der Waals surface area contributed by atoms with Crippen LogP contribution in [0.1, 0.15) is 42.6 Å². The van der Waals surface area contributed by atoms with E-state index in [-0.39, 0.29) is 29.3 Å². The smallest absolute Gasteiger partial charge is 0.416 e. The topological polar surface area (TPSA) is 67.4 Å². The molecular formula is C20H21F3N2O3. The third kappa shape index (κ3) is 5.73.